The van der Waals surface area contributed by atoms with Crippen LogP contribution in [0.1, 0.15) is 20.8 Å². The minimum atomic E-state index is -0.428. The van der Waals surface area contributed by atoms with Crippen molar-refractivity contribution in [3.63, 3.8) is 0 Å². The standard InChI is InChI=1S/C10H11NO2S.C2H6/c1-2-13-10(12)7-11-8-3-5-9(14)6-4-8;1-2/h3-7,14H,2H2,1H3;1-2H3. The van der Waals surface area contributed by atoms with Gasteiger partial charge in [-0.05, 0) is 31.2 Å². The fraction of sp³-hybridized carbons (Fsp3) is 0.333. The summed E-state index contributed by atoms with van der Waals surface area (Å²) in [4.78, 5) is 15.7. The smallest absolute Gasteiger partial charge is 0.349 e. The predicted octanol–water partition coefficient (Wildman–Crippen LogP) is 3.27. The molecule has 0 saturated carbocycles. The number of thiol groups is 1. The molecular formula is C12H17NO2S. The van der Waals surface area contributed by atoms with Crippen LogP contribution in [0.3, 0.4) is 0 Å². The van der Waals surface area contributed by atoms with Crippen LogP contribution in [0.25, 0.3) is 0 Å². The van der Waals surface area contributed by atoms with Gasteiger partial charge in [0.15, 0.2) is 0 Å². The molecule has 0 spiro atoms. The van der Waals surface area contributed by atoms with Gasteiger partial charge < -0.3 is 4.74 Å². The molecule has 0 aromatic heterocycles. The maximum Gasteiger partial charge on any atom is 0.349 e. The maximum atomic E-state index is 10.9. The van der Waals surface area contributed by atoms with E-state index in [1.54, 1.807) is 31.2 Å². The first kappa shape index (κ1) is 14.7. The number of esters is 1. The second kappa shape index (κ2) is 8.97. The highest BCUT2D eigenvalue weighted by Crippen LogP contribution is 2.14. The molecule has 0 heterocycles. The monoisotopic (exact) mass is 239 g/mol. The largest absolute Gasteiger partial charge is 0.462 e. The van der Waals surface area contributed by atoms with Gasteiger partial charge in [0.05, 0.1) is 12.3 Å². The molecule has 0 atom stereocenters. The molecule has 0 unspecified atom stereocenters. The Labute approximate surface area is 102 Å². The van der Waals surface area contributed by atoms with E-state index in [1.165, 1.54) is 0 Å². The Balaban J connectivity index is 0.00000106. The van der Waals surface area contributed by atoms with E-state index in [4.69, 9.17) is 0 Å². The molecule has 0 bridgehead atoms. The van der Waals surface area contributed by atoms with Gasteiger partial charge in [-0.15, -0.1) is 12.6 Å². The third-order valence-electron chi connectivity index (χ3n) is 1.46. The minimum absolute atomic E-state index is 0.362. The number of ether oxygens (including phenoxy) is 1. The quantitative estimate of drug-likeness (QED) is 0.499. The average molecular weight is 239 g/mol. The summed E-state index contributed by atoms with van der Waals surface area (Å²) in [6.45, 7) is 6.11. The molecule has 16 heavy (non-hydrogen) atoms. The Bertz CT molecular complexity index is 333. The van der Waals surface area contributed by atoms with Gasteiger partial charge in [0.25, 0.3) is 0 Å². The lowest BCUT2D eigenvalue weighted by Gasteiger charge is -1.95. The van der Waals surface area contributed by atoms with Crippen molar-refractivity contribution in [2.45, 2.75) is 25.7 Å². The van der Waals surface area contributed by atoms with Gasteiger partial charge in [0.2, 0.25) is 0 Å². The molecule has 0 radical (unpaired) electrons. The Morgan fingerprint density at radius 3 is 2.44 bits per heavy atom. The van der Waals surface area contributed by atoms with Crippen LogP contribution in [0.15, 0.2) is 34.2 Å². The zero-order chi connectivity index (χ0) is 12.4. The molecule has 1 aromatic carbocycles. The van der Waals surface area contributed by atoms with Crippen LogP contribution in [-0.4, -0.2) is 18.8 Å². The van der Waals surface area contributed by atoms with Crippen LogP contribution in [-0.2, 0) is 9.53 Å². The van der Waals surface area contributed by atoms with Crippen LogP contribution in [0, 0.1) is 0 Å². The van der Waals surface area contributed by atoms with Crippen LogP contribution in [0.4, 0.5) is 5.69 Å². The van der Waals surface area contributed by atoms with Crippen LogP contribution in [0.2, 0.25) is 0 Å². The van der Waals surface area contributed by atoms with E-state index >= 15 is 0 Å². The molecular weight excluding hydrogens is 222 g/mol. The molecule has 1 aromatic rings. The van der Waals surface area contributed by atoms with Gasteiger partial charge in [-0.3, -0.25) is 0 Å². The van der Waals surface area contributed by atoms with Gasteiger partial charge in [0, 0.05) is 4.90 Å². The molecule has 0 aliphatic rings. The Hall–Kier alpha value is -1.29. The highest BCUT2D eigenvalue weighted by atomic mass is 32.1. The lowest BCUT2D eigenvalue weighted by Crippen LogP contribution is -2.04. The number of rotatable bonds is 3. The molecule has 0 N–H and O–H groups in total. The first-order valence-electron chi connectivity index (χ1n) is 5.22. The fourth-order valence-corrected chi connectivity index (χ4v) is 0.995. The summed E-state index contributed by atoms with van der Waals surface area (Å²) in [7, 11) is 0. The SMILES string of the molecule is CC.CCOC(=O)C=Nc1ccc(S)cc1. The van der Waals surface area contributed by atoms with E-state index in [-0.39, 0.29) is 0 Å². The summed E-state index contributed by atoms with van der Waals surface area (Å²) < 4.78 is 4.68. The van der Waals surface area contributed by atoms with Crippen molar-refractivity contribution in [3.8, 4) is 0 Å². The molecule has 4 heteroatoms. The molecule has 0 aliphatic carbocycles. The van der Waals surface area contributed by atoms with Crippen molar-refractivity contribution in [2.24, 2.45) is 4.99 Å². The van der Waals surface area contributed by atoms with Crippen molar-refractivity contribution < 1.29 is 9.53 Å². The van der Waals surface area contributed by atoms with Gasteiger partial charge in [-0.1, -0.05) is 13.8 Å². The van der Waals surface area contributed by atoms with E-state index in [1.807, 2.05) is 13.8 Å². The number of carbonyl (C=O) groups excluding carboxylic acids is 1. The molecule has 88 valence electrons. The number of hydrogen-bond donors (Lipinski definition) is 1. The molecule has 3 nitrogen and oxygen atoms in total. The summed E-state index contributed by atoms with van der Waals surface area (Å²) in [5, 5.41) is 0. The third kappa shape index (κ3) is 6.24. The molecule has 0 amide bonds. The van der Waals surface area contributed by atoms with E-state index in [2.05, 4.69) is 22.4 Å². The number of hydrogen-bond acceptors (Lipinski definition) is 4. The summed E-state index contributed by atoms with van der Waals surface area (Å²) in [5.74, 6) is -0.428. The average Bonchev–Trinajstić information content (AvgIpc) is 2.31. The zero-order valence-corrected chi connectivity index (χ0v) is 10.7. The first-order chi connectivity index (χ1) is 7.72. The van der Waals surface area contributed by atoms with Crippen molar-refractivity contribution >= 4 is 30.5 Å². The van der Waals surface area contributed by atoms with Gasteiger partial charge >= 0.3 is 5.97 Å². The highest BCUT2D eigenvalue weighted by molar-refractivity contribution is 7.80. The number of nitrogens with zero attached hydrogens (tertiary/aromatic N) is 1. The van der Waals surface area contributed by atoms with Crippen LogP contribution in [0.5, 0.6) is 0 Å². The minimum Gasteiger partial charge on any atom is -0.462 e. The molecule has 0 fully saturated rings. The van der Waals surface area contributed by atoms with E-state index in [0.29, 0.717) is 12.3 Å². The Morgan fingerprint density at radius 1 is 1.38 bits per heavy atom. The number of benzene rings is 1. The van der Waals surface area contributed by atoms with Crippen molar-refractivity contribution in [1.29, 1.82) is 0 Å². The molecule has 1 rings (SSSR count). The lowest BCUT2D eigenvalue weighted by atomic mass is 10.3. The zero-order valence-electron chi connectivity index (χ0n) is 9.80. The Morgan fingerprint density at radius 2 is 1.94 bits per heavy atom. The second-order valence-electron chi connectivity index (χ2n) is 2.53. The third-order valence-corrected chi connectivity index (χ3v) is 1.75. The summed E-state index contributed by atoms with van der Waals surface area (Å²) in [6, 6.07) is 7.16. The second-order valence-corrected chi connectivity index (χ2v) is 3.04. The van der Waals surface area contributed by atoms with Crippen molar-refractivity contribution in [1.82, 2.24) is 0 Å². The van der Waals surface area contributed by atoms with Crippen molar-refractivity contribution in [3.05, 3.63) is 24.3 Å². The maximum absolute atomic E-state index is 10.9. The van der Waals surface area contributed by atoms with Crippen LogP contribution < -0.4 is 0 Å². The summed E-state index contributed by atoms with van der Waals surface area (Å²) in [6.07, 6.45) is 1.16. The number of carbonyl (C=O) groups is 1. The van der Waals surface area contributed by atoms with Gasteiger partial charge in [-0.25, -0.2) is 9.79 Å². The Kier molecular flexibility index (Phi) is 8.25. The van der Waals surface area contributed by atoms with Gasteiger partial charge in [-0.2, -0.15) is 0 Å². The topological polar surface area (TPSA) is 38.7 Å². The number of aliphatic imine (C=N–C) groups is 1. The van der Waals surface area contributed by atoms with E-state index in [9.17, 15) is 4.79 Å². The normalized spacial score (nSPS) is 9.50. The van der Waals surface area contributed by atoms with E-state index in [0.717, 1.165) is 11.1 Å². The van der Waals surface area contributed by atoms with Crippen molar-refractivity contribution in [2.75, 3.05) is 6.61 Å². The summed E-state index contributed by atoms with van der Waals surface area (Å²) in [5.41, 5.74) is 0.704. The molecule has 0 aliphatic heterocycles. The fourth-order valence-electron chi connectivity index (χ4n) is 0.845. The highest BCUT2D eigenvalue weighted by Gasteiger charge is 1.94. The van der Waals surface area contributed by atoms with Gasteiger partial charge in [0.1, 0.15) is 6.21 Å². The van der Waals surface area contributed by atoms with Crippen LogP contribution >= 0.6 is 12.6 Å². The molecule has 0 saturated heterocycles. The summed E-state index contributed by atoms with van der Waals surface area (Å²) >= 11 is 4.13. The predicted molar refractivity (Wildman–Crippen MR) is 69.8 cm³/mol. The van der Waals surface area contributed by atoms with E-state index < -0.39 is 5.97 Å². The lowest BCUT2D eigenvalue weighted by molar-refractivity contribution is -0.134. The first-order valence-corrected chi connectivity index (χ1v) is 5.67.